The number of para-hydroxylation sites is 1. The smallest absolute Gasteiger partial charge is 0.387 e. The highest BCUT2D eigenvalue weighted by Gasteiger charge is 2.21. The van der Waals surface area contributed by atoms with Crippen molar-refractivity contribution in [3.63, 3.8) is 0 Å². The van der Waals surface area contributed by atoms with Gasteiger partial charge in [-0.25, -0.2) is 8.42 Å². The molecule has 146 valence electrons. The first-order chi connectivity index (χ1) is 12.8. The van der Waals surface area contributed by atoms with Crippen LogP contribution in [0.3, 0.4) is 0 Å². The van der Waals surface area contributed by atoms with Gasteiger partial charge in [0.1, 0.15) is 5.75 Å². The Morgan fingerprint density at radius 3 is 2.37 bits per heavy atom. The number of hydrogen-bond acceptors (Lipinski definition) is 5. The Morgan fingerprint density at radius 2 is 1.78 bits per heavy atom. The van der Waals surface area contributed by atoms with E-state index < -0.39 is 22.5 Å². The molecule has 0 atom stereocenters. The van der Waals surface area contributed by atoms with Gasteiger partial charge >= 0.3 is 6.61 Å². The lowest BCUT2D eigenvalue weighted by Crippen LogP contribution is -2.26. The van der Waals surface area contributed by atoms with E-state index >= 15 is 0 Å². The lowest BCUT2D eigenvalue weighted by molar-refractivity contribution is -0.0504. The minimum absolute atomic E-state index is 0.0307. The third-order valence-electron chi connectivity index (χ3n) is 3.64. The molecule has 0 aliphatic rings. The second-order valence-electron chi connectivity index (χ2n) is 5.29. The molecule has 0 spiro atoms. The van der Waals surface area contributed by atoms with Crippen molar-refractivity contribution in [2.75, 3.05) is 14.2 Å². The van der Waals surface area contributed by atoms with E-state index in [-0.39, 0.29) is 22.8 Å². The van der Waals surface area contributed by atoms with Gasteiger partial charge in [-0.1, -0.05) is 22.7 Å². The van der Waals surface area contributed by atoms with Gasteiger partial charge in [0, 0.05) is 24.7 Å². The monoisotopic (exact) mass is 400 g/mol. The number of hydroxylamine groups is 1. The predicted molar refractivity (Wildman–Crippen MR) is 92.6 cm³/mol. The fourth-order valence-corrected chi connectivity index (χ4v) is 3.14. The molecule has 7 nitrogen and oxygen atoms in total. The molecule has 0 unspecified atom stereocenters. The largest absolute Gasteiger partial charge is 0.434 e. The van der Waals surface area contributed by atoms with Gasteiger partial charge in [-0.3, -0.25) is 9.63 Å². The summed E-state index contributed by atoms with van der Waals surface area (Å²) in [5, 5.41) is 2.57. The molecule has 0 aliphatic carbocycles. The number of nitrogens with zero attached hydrogens (tertiary/aromatic N) is 1. The first kappa shape index (κ1) is 20.7. The van der Waals surface area contributed by atoms with Crippen LogP contribution in [-0.2, 0) is 21.4 Å². The van der Waals surface area contributed by atoms with Gasteiger partial charge in [-0.2, -0.15) is 8.78 Å². The average molecular weight is 400 g/mol. The summed E-state index contributed by atoms with van der Waals surface area (Å²) in [6.07, 6.45) is 0. The Labute approximate surface area is 155 Å². The lowest BCUT2D eigenvalue weighted by Gasteiger charge is -2.14. The van der Waals surface area contributed by atoms with E-state index in [2.05, 4.69) is 14.9 Å². The number of ether oxygens (including phenoxy) is 1. The van der Waals surface area contributed by atoms with Crippen LogP contribution in [-0.4, -0.2) is 39.6 Å². The molecular formula is C17H18F2N2O5S. The lowest BCUT2D eigenvalue weighted by atomic mass is 10.2. The molecule has 1 amide bonds. The Bertz CT molecular complexity index is 888. The fraction of sp³-hybridized carbons (Fsp3) is 0.235. The highest BCUT2D eigenvalue weighted by molar-refractivity contribution is 7.89. The van der Waals surface area contributed by atoms with Crippen LogP contribution in [0.25, 0.3) is 0 Å². The number of alkyl halides is 2. The number of carbonyl (C=O) groups excluding carboxylic acids is 1. The maximum atomic E-state index is 12.4. The van der Waals surface area contributed by atoms with E-state index in [4.69, 9.17) is 0 Å². The Kier molecular flexibility index (Phi) is 6.83. The van der Waals surface area contributed by atoms with Gasteiger partial charge in [0.15, 0.2) is 0 Å². The normalized spacial score (nSPS) is 11.6. The molecule has 0 fully saturated rings. The van der Waals surface area contributed by atoms with Crippen LogP contribution >= 0.6 is 0 Å². The first-order valence-electron chi connectivity index (χ1n) is 7.69. The fourth-order valence-electron chi connectivity index (χ4n) is 2.16. The maximum absolute atomic E-state index is 12.4. The van der Waals surface area contributed by atoms with Crippen molar-refractivity contribution in [3.8, 4) is 5.75 Å². The van der Waals surface area contributed by atoms with Crippen molar-refractivity contribution < 1.29 is 31.6 Å². The van der Waals surface area contributed by atoms with Gasteiger partial charge < -0.3 is 10.1 Å². The third kappa shape index (κ3) is 5.22. The molecule has 27 heavy (non-hydrogen) atoms. The van der Waals surface area contributed by atoms with Gasteiger partial charge in [-0.15, -0.1) is 0 Å². The average Bonchev–Trinajstić information content (AvgIpc) is 2.66. The van der Waals surface area contributed by atoms with Crippen molar-refractivity contribution in [2.24, 2.45) is 0 Å². The molecular weight excluding hydrogens is 382 g/mol. The van der Waals surface area contributed by atoms with Crippen LogP contribution in [0.15, 0.2) is 53.4 Å². The number of halogens is 2. The van der Waals surface area contributed by atoms with Crippen molar-refractivity contribution in [1.82, 2.24) is 9.79 Å². The third-order valence-corrected chi connectivity index (χ3v) is 5.33. The number of hydrogen-bond donors (Lipinski definition) is 1. The second-order valence-corrected chi connectivity index (χ2v) is 7.23. The van der Waals surface area contributed by atoms with Crippen LogP contribution < -0.4 is 10.1 Å². The van der Waals surface area contributed by atoms with Crippen molar-refractivity contribution in [3.05, 3.63) is 59.7 Å². The van der Waals surface area contributed by atoms with Crippen LogP contribution in [0.4, 0.5) is 8.78 Å². The molecule has 0 aromatic heterocycles. The summed E-state index contributed by atoms with van der Waals surface area (Å²) in [4.78, 5) is 16.8. The zero-order valence-corrected chi connectivity index (χ0v) is 15.4. The Morgan fingerprint density at radius 1 is 1.15 bits per heavy atom. The summed E-state index contributed by atoms with van der Waals surface area (Å²) < 4.78 is 54.1. The zero-order valence-electron chi connectivity index (χ0n) is 14.6. The SMILES string of the molecule is CON(C)S(=O)(=O)c1ccc(C(=O)NCc2ccccc2OC(F)F)cc1. The number of nitrogens with one attached hydrogen (secondary N) is 1. The predicted octanol–water partition coefficient (Wildman–Crippen LogP) is 2.40. The molecule has 0 bridgehead atoms. The summed E-state index contributed by atoms with van der Waals surface area (Å²) >= 11 is 0. The van der Waals surface area contributed by atoms with Crippen LogP contribution in [0, 0.1) is 0 Å². The van der Waals surface area contributed by atoms with E-state index in [1.807, 2.05) is 0 Å². The summed E-state index contributed by atoms with van der Waals surface area (Å²) in [5.74, 6) is -0.525. The molecule has 0 aliphatic heterocycles. The van der Waals surface area contributed by atoms with Gasteiger partial charge in [0.25, 0.3) is 15.9 Å². The summed E-state index contributed by atoms with van der Waals surface area (Å²) in [6, 6.07) is 11.3. The second kappa shape index (κ2) is 8.89. The van der Waals surface area contributed by atoms with E-state index in [9.17, 15) is 22.0 Å². The van der Waals surface area contributed by atoms with Crippen molar-refractivity contribution in [1.29, 1.82) is 0 Å². The van der Waals surface area contributed by atoms with E-state index in [0.717, 1.165) is 0 Å². The van der Waals surface area contributed by atoms with Crippen molar-refractivity contribution in [2.45, 2.75) is 18.1 Å². The summed E-state index contributed by atoms with van der Waals surface area (Å²) in [7, 11) is -1.35. The van der Waals surface area contributed by atoms with Gasteiger partial charge in [0.05, 0.1) is 12.0 Å². The van der Waals surface area contributed by atoms with Gasteiger partial charge in [-0.05, 0) is 30.3 Å². The first-order valence-corrected chi connectivity index (χ1v) is 9.13. The molecule has 0 saturated heterocycles. The Balaban J connectivity index is 2.08. The number of amides is 1. The summed E-state index contributed by atoms with van der Waals surface area (Å²) in [5.41, 5.74) is 0.591. The van der Waals surface area contributed by atoms with Crippen LogP contribution in [0.1, 0.15) is 15.9 Å². The molecule has 2 aromatic carbocycles. The highest BCUT2D eigenvalue weighted by atomic mass is 32.2. The minimum Gasteiger partial charge on any atom is -0.434 e. The van der Waals surface area contributed by atoms with Crippen molar-refractivity contribution >= 4 is 15.9 Å². The molecule has 2 aromatic rings. The minimum atomic E-state index is -3.81. The quantitative estimate of drug-likeness (QED) is 0.688. The Hall–Kier alpha value is -2.56. The standard InChI is InChI=1S/C17H18F2N2O5S/c1-21(25-2)27(23,24)14-9-7-12(8-10-14)16(22)20-11-13-5-3-4-6-15(13)26-17(18)19/h3-10,17H,11H2,1-2H3,(H,20,22). The number of rotatable bonds is 8. The van der Waals surface area contributed by atoms with Crippen LogP contribution in [0.2, 0.25) is 0 Å². The van der Waals surface area contributed by atoms with E-state index in [1.54, 1.807) is 18.2 Å². The molecule has 10 heteroatoms. The highest BCUT2D eigenvalue weighted by Crippen LogP contribution is 2.20. The maximum Gasteiger partial charge on any atom is 0.387 e. The molecule has 0 radical (unpaired) electrons. The molecule has 0 heterocycles. The molecule has 2 rings (SSSR count). The number of benzene rings is 2. The molecule has 1 N–H and O–H groups in total. The summed E-state index contributed by atoms with van der Waals surface area (Å²) in [6.45, 7) is -3.00. The zero-order chi connectivity index (χ0) is 20.0. The van der Waals surface area contributed by atoms with E-state index in [1.165, 1.54) is 44.5 Å². The van der Waals surface area contributed by atoms with Crippen LogP contribution in [0.5, 0.6) is 5.75 Å². The van der Waals surface area contributed by atoms with Gasteiger partial charge in [0.2, 0.25) is 0 Å². The topological polar surface area (TPSA) is 84.9 Å². The van der Waals surface area contributed by atoms with E-state index in [0.29, 0.717) is 10.0 Å². The number of carbonyl (C=O) groups is 1. The number of sulfonamides is 1. The molecule has 0 saturated carbocycles.